The van der Waals surface area contributed by atoms with Crippen molar-refractivity contribution in [3.8, 4) is 11.5 Å². The maximum absolute atomic E-state index is 10.9. The SMILES string of the molecule is CC.COc1ccc(OC)c(NC(C)=O)c1. The molecule has 0 fully saturated rings. The number of carbonyl (C=O) groups excluding carboxylic acids is 1. The van der Waals surface area contributed by atoms with Gasteiger partial charge in [-0.05, 0) is 12.1 Å². The number of ether oxygens (including phenoxy) is 2. The molecule has 1 aromatic rings. The van der Waals surface area contributed by atoms with E-state index < -0.39 is 0 Å². The van der Waals surface area contributed by atoms with Gasteiger partial charge in [-0.1, -0.05) is 13.8 Å². The van der Waals surface area contributed by atoms with Gasteiger partial charge in [0.1, 0.15) is 11.5 Å². The average molecular weight is 225 g/mol. The maximum atomic E-state index is 10.9. The van der Waals surface area contributed by atoms with E-state index in [1.54, 1.807) is 32.4 Å². The standard InChI is InChI=1S/C10H13NO3.C2H6/c1-7(12)11-9-6-8(13-2)4-5-10(9)14-3;1-2/h4-6H,1-3H3,(H,11,12);1-2H3. The molecule has 0 heterocycles. The predicted molar refractivity (Wildman–Crippen MR) is 65.2 cm³/mol. The number of hydrogen-bond donors (Lipinski definition) is 1. The molecule has 16 heavy (non-hydrogen) atoms. The van der Waals surface area contributed by atoms with Crippen LogP contribution in [0.2, 0.25) is 0 Å². The molecule has 0 aromatic heterocycles. The minimum atomic E-state index is -0.142. The van der Waals surface area contributed by atoms with Gasteiger partial charge in [-0.2, -0.15) is 0 Å². The first-order chi connectivity index (χ1) is 7.67. The number of carbonyl (C=O) groups is 1. The highest BCUT2D eigenvalue weighted by Crippen LogP contribution is 2.28. The maximum Gasteiger partial charge on any atom is 0.221 e. The van der Waals surface area contributed by atoms with Crippen LogP contribution in [0, 0.1) is 0 Å². The number of hydrogen-bond acceptors (Lipinski definition) is 3. The third-order valence-electron chi connectivity index (χ3n) is 1.72. The van der Waals surface area contributed by atoms with Crippen molar-refractivity contribution in [3.63, 3.8) is 0 Å². The number of benzene rings is 1. The van der Waals surface area contributed by atoms with Gasteiger partial charge in [-0.25, -0.2) is 0 Å². The van der Waals surface area contributed by atoms with Crippen LogP contribution < -0.4 is 14.8 Å². The van der Waals surface area contributed by atoms with Crippen LogP contribution in [0.4, 0.5) is 5.69 Å². The van der Waals surface area contributed by atoms with Crippen molar-refractivity contribution in [2.24, 2.45) is 0 Å². The van der Waals surface area contributed by atoms with Crippen molar-refractivity contribution in [2.75, 3.05) is 19.5 Å². The van der Waals surface area contributed by atoms with Crippen LogP contribution in [-0.2, 0) is 4.79 Å². The van der Waals surface area contributed by atoms with E-state index in [-0.39, 0.29) is 5.91 Å². The van der Waals surface area contributed by atoms with Gasteiger partial charge in [0, 0.05) is 13.0 Å². The van der Waals surface area contributed by atoms with E-state index in [0.29, 0.717) is 17.2 Å². The van der Waals surface area contributed by atoms with Gasteiger partial charge in [0.25, 0.3) is 0 Å². The largest absolute Gasteiger partial charge is 0.497 e. The van der Waals surface area contributed by atoms with Gasteiger partial charge in [0.2, 0.25) is 5.91 Å². The molecule has 0 atom stereocenters. The van der Waals surface area contributed by atoms with Crippen molar-refractivity contribution in [1.82, 2.24) is 0 Å². The van der Waals surface area contributed by atoms with Crippen LogP contribution >= 0.6 is 0 Å². The van der Waals surface area contributed by atoms with Crippen molar-refractivity contribution in [2.45, 2.75) is 20.8 Å². The molecular weight excluding hydrogens is 206 g/mol. The van der Waals surface area contributed by atoms with Gasteiger partial charge in [0.15, 0.2) is 0 Å². The summed E-state index contributed by atoms with van der Waals surface area (Å²) in [5, 5.41) is 2.66. The number of nitrogens with one attached hydrogen (secondary N) is 1. The summed E-state index contributed by atoms with van der Waals surface area (Å²) in [5.74, 6) is 1.15. The Morgan fingerprint density at radius 3 is 2.25 bits per heavy atom. The average Bonchev–Trinajstić information content (AvgIpc) is 2.31. The van der Waals surface area contributed by atoms with E-state index >= 15 is 0 Å². The molecule has 1 N–H and O–H groups in total. The van der Waals surface area contributed by atoms with E-state index in [9.17, 15) is 4.79 Å². The molecule has 4 heteroatoms. The molecule has 1 rings (SSSR count). The predicted octanol–water partition coefficient (Wildman–Crippen LogP) is 2.69. The fraction of sp³-hybridized carbons (Fsp3) is 0.417. The summed E-state index contributed by atoms with van der Waals surface area (Å²) < 4.78 is 10.1. The molecule has 0 unspecified atom stereocenters. The monoisotopic (exact) mass is 225 g/mol. The van der Waals surface area contributed by atoms with Crippen molar-refractivity contribution >= 4 is 11.6 Å². The molecule has 4 nitrogen and oxygen atoms in total. The second-order valence-corrected chi connectivity index (χ2v) is 2.75. The van der Waals surface area contributed by atoms with E-state index in [0.717, 1.165) is 0 Å². The van der Waals surface area contributed by atoms with E-state index in [2.05, 4.69) is 5.32 Å². The Bertz CT molecular complexity index is 337. The lowest BCUT2D eigenvalue weighted by atomic mass is 10.2. The summed E-state index contributed by atoms with van der Waals surface area (Å²) in [6.07, 6.45) is 0. The molecule has 0 saturated carbocycles. The topological polar surface area (TPSA) is 47.6 Å². The third-order valence-corrected chi connectivity index (χ3v) is 1.72. The zero-order valence-corrected chi connectivity index (χ0v) is 10.5. The highest BCUT2D eigenvalue weighted by molar-refractivity contribution is 5.90. The summed E-state index contributed by atoms with van der Waals surface area (Å²) in [5.41, 5.74) is 0.611. The zero-order valence-electron chi connectivity index (χ0n) is 10.5. The first kappa shape index (κ1) is 14.3. The molecule has 0 aliphatic carbocycles. The summed E-state index contributed by atoms with van der Waals surface area (Å²) in [4.78, 5) is 10.9. The Kier molecular flexibility index (Phi) is 6.76. The van der Waals surface area contributed by atoms with E-state index in [4.69, 9.17) is 9.47 Å². The second-order valence-electron chi connectivity index (χ2n) is 2.75. The van der Waals surface area contributed by atoms with Crippen LogP contribution in [0.15, 0.2) is 18.2 Å². The van der Waals surface area contributed by atoms with Crippen LogP contribution in [0.1, 0.15) is 20.8 Å². The Morgan fingerprint density at radius 1 is 1.19 bits per heavy atom. The highest BCUT2D eigenvalue weighted by Gasteiger charge is 2.05. The van der Waals surface area contributed by atoms with E-state index in [1.165, 1.54) is 6.92 Å². The van der Waals surface area contributed by atoms with Gasteiger partial charge >= 0.3 is 0 Å². The normalized spacial score (nSPS) is 8.56. The molecule has 0 bridgehead atoms. The summed E-state index contributed by atoms with van der Waals surface area (Å²) in [6.45, 7) is 5.44. The first-order valence-electron chi connectivity index (χ1n) is 5.17. The third kappa shape index (κ3) is 4.21. The van der Waals surface area contributed by atoms with Crippen molar-refractivity contribution in [1.29, 1.82) is 0 Å². The van der Waals surface area contributed by atoms with Crippen molar-refractivity contribution < 1.29 is 14.3 Å². The Labute approximate surface area is 96.6 Å². The Hall–Kier alpha value is -1.71. The Balaban J connectivity index is 0.00000106. The highest BCUT2D eigenvalue weighted by atomic mass is 16.5. The van der Waals surface area contributed by atoms with Crippen LogP contribution in [0.5, 0.6) is 11.5 Å². The number of amides is 1. The van der Waals surface area contributed by atoms with Gasteiger partial charge in [-0.3, -0.25) is 4.79 Å². The lowest BCUT2D eigenvalue weighted by Crippen LogP contribution is -2.07. The lowest BCUT2D eigenvalue weighted by molar-refractivity contribution is -0.114. The minimum absolute atomic E-state index is 0.142. The summed E-state index contributed by atoms with van der Waals surface area (Å²) in [6, 6.07) is 5.22. The van der Waals surface area contributed by atoms with Crippen molar-refractivity contribution in [3.05, 3.63) is 18.2 Å². The molecular formula is C12H19NO3. The molecule has 0 radical (unpaired) electrons. The number of anilines is 1. The lowest BCUT2D eigenvalue weighted by Gasteiger charge is -2.10. The fourth-order valence-electron chi connectivity index (χ4n) is 1.10. The molecule has 1 amide bonds. The first-order valence-corrected chi connectivity index (χ1v) is 5.17. The summed E-state index contributed by atoms with van der Waals surface area (Å²) in [7, 11) is 3.12. The van der Waals surface area contributed by atoms with E-state index in [1.807, 2.05) is 13.8 Å². The molecule has 0 spiro atoms. The quantitative estimate of drug-likeness (QED) is 0.860. The smallest absolute Gasteiger partial charge is 0.221 e. The molecule has 0 aliphatic rings. The van der Waals surface area contributed by atoms with Gasteiger partial charge in [-0.15, -0.1) is 0 Å². The Morgan fingerprint density at radius 2 is 1.81 bits per heavy atom. The zero-order chi connectivity index (χ0) is 12.6. The van der Waals surface area contributed by atoms with Gasteiger partial charge < -0.3 is 14.8 Å². The summed E-state index contributed by atoms with van der Waals surface area (Å²) >= 11 is 0. The molecule has 0 saturated heterocycles. The fourth-order valence-corrected chi connectivity index (χ4v) is 1.10. The minimum Gasteiger partial charge on any atom is -0.497 e. The molecule has 1 aromatic carbocycles. The van der Waals surface area contributed by atoms with Crippen LogP contribution in [0.25, 0.3) is 0 Å². The second kappa shape index (κ2) is 7.56. The molecule has 90 valence electrons. The number of methoxy groups -OCH3 is 2. The van der Waals surface area contributed by atoms with Gasteiger partial charge in [0.05, 0.1) is 19.9 Å². The molecule has 0 aliphatic heterocycles. The number of rotatable bonds is 3. The van der Waals surface area contributed by atoms with Crippen LogP contribution in [0.3, 0.4) is 0 Å². The van der Waals surface area contributed by atoms with Crippen LogP contribution in [-0.4, -0.2) is 20.1 Å².